The third-order valence-electron chi connectivity index (χ3n) is 4.64. The van der Waals surface area contributed by atoms with Gasteiger partial charge in [0.2, 0.25) is 5.91 Å². The van der Waals surface area contributed by atoms with Crippen LogP contribution in [0.15, 0.2) is 72.2 Å². The van der Waals surface area contributed by atoms with Gasteiger partial charge in [-0.05, 0) is 12.5 Å². The van der Waals surface area contributed by atoms with E-state index in [-0.39, 0.29) is 5.91 Å². The molecule has 0 spiro atoms. The molecule has 0 N–H and O–H groups in total. The van der Waals surface area contributed by atoms with Crippen LogP contribution in [0.2, 0.25) is 0 Å². The average Bonchev–Trinajstić information content (AvgIpc) is 3.29. The standard InChI is InChI=1S/C22H21N3OS/c1-2-24(14-17-9-5-3-6-10-17)21(26)13-19-16-27-22-23-20(15-25(19)22)18-11-7-4-8-12-18/h3-12,15-16H,2,13-14H2,1H3. The van der Waals surface area contributed by atoms with Gasteiger partial charge < -0.3 is 4.90 Å². The van der Waals surface area contributed by atoms with Gasteiger partial charge in [0.05, 0.1) is 12.1 Å². The Morgan fingerprint density at radius 2 is 1.78 bits per heavy atom. The lowest BCUT2D eigenvalue weighted by molar-refractivity contribution is -0.130. The number of benzene rings is 2. The fourth-order valence-corrected chi connectivity index (χ4v) is 4.02. The summed E-state index contributed by atoms with van der Waals surface area (Å²) in [4.78, 5) is 20.4. The predicted molar refractivity (Wildman–Crippen MR) is 110 cm³/mol. The lowest BCUT2D eigenvalue weighted by Gasteiger charge is -2.21. The number of carbonyl (C=O) groups excluding carboxylic acids is 1. The van der Waals surface area contributed by atoms with Crippen molar-refractivity contribution in [2.75, 3.05) is 6.54 Å². The summed E-state index contributed by atoms with van der Waals surface area (Å²) in [7, 11) is 0. The van der Waals surface area contributed by atoms with E-state index in [1.807, 2.05) is 64.2 Å². The predicted octanol–water partition coefficient (Wildman–Crippen LogP) is 4.65. The summed E-state index contributed by atoms with van der Waals surface area (Å²) in [6, 6.07) is 20.2. The Kier molecular flexibility index (Phi) is 5.03. The maximum Gasteiger partial charge on any atom is 0.228 e. The first-order valence-electron chi connectivity index (χ1n) is 9.07. The van der Waals surface area contributed by atoms with Gasteiger partial charge in [-0.25, -0.2) is 4.98 Å². The quantitative estimate of drug-likeness (QED) is 0.492. The van der Waals surface area contributed by atoms with Crippen molar-refractivity contribution in [3.05, 3.63) is 83.5 Å². The van der Waals surface area contributed by atoms with Gasteiger partial charge in [0.15, 0.2) is 4.96 Å². The van der Waals surface area contributed by atoms with Gasteiger partial charge in [-0.15, -0.1) is 11.3 Å². The number of amides is 1. The summed E-state index contributed by atoms with van der Waals surface area (Å²) in [6.45, 7) is 3.36. The number of fused-ring (bicyclic) bond motifs is 1. The molecule has 0 bridgehead atoms. The molecule has 0 saturated carbocycles. The Hall–Kier alpha value is -2.92. The van der Waals surface area contributed by atoms with Crippen LogP contribution in [-0.2, 0) is 17.8 Å². The number of hydrogen-bond donors (Lipinski definition) is 0. The molecule has 0 aliphatic carbocycles. The van der Waals surface area contributed by atoms with Crippen LogP contribution < -0.4 is 0 Å². The van der Waals surface area contributed by atoms with Crippen LogP contribution in [0.25, 0.3) is 16.2 Å². The fraction of sp³-hybridized carbons (Fsp3) is 0.182. The number of rotatable bonds is 6. The van der Waals surface area contributed by atoms with Gasteiger partial charge in [-0.2, -0.15) is 0 Å². The molecular weight excluding hydrogens is 354 g/mol. The highest BCUT2D eigenvalue weighted by atomic mass is 32.1. The highest BCUT2D eigenvalue weighted by molar-refractivity contribution is 7.15. The second-order valence-corrected chi connectivity index (χ2v) is 7.28. The van der Waals surface area contributed by atoms with Crippen LogP contribution in [-0.4, -0.2) is 26.7 Å². The van der Waals surface area contributed by atoms with Gasteiger partial charge in [-0.3, -0.25) is 9.20 Å². The van der Waals surface area contributed by atoms with Crippen molar-refractivity contribution >= 4 is 22.2 Å². The minimum atomic E-state index is 0.135. The molecular formula is C22H21N3OS. The number of aromatic nitrogens is 2. The molecule has 5 heteroatoms. The van der Waals surface area contributed by atoms with Crippen LogP contribution >= 0.6 is 11.3 Å². The van der Waals surface area contributed by atoms with Gasteiger partial charge in [0, 0.05) is 35.9 Å². The molecule has 0 saturated heterocycles. The monoisotopic (exact) mass is 375 g/mol. The lowest BCUT2D eigenvalue weighted by Crippen LogP contribution is -2.31. The second-order valence-electron chi connectivity index (χ2n) is 6.44. The normalized spacial score (nSPS) is 11.0. The second kappa shape index (κ2) is 7.76. The number of imidazole rings is 1. The highest BCUT2D eigenvalue weighted by Crippen LogP contribution is 2.24. The molecule has 4 aromatic rings. The van der Waals surface area contributed by atoms with Gasteiger partial charge >= 0.3 is 0 Å². The summed E-state index contributed by atoms with van der Waals surface area (Å²) in [5, 5.41) is 2.03. The molecule has 0 aliphatic heterocycles. The SMILES string of the molecule is CCN(Cc1ccccc1)C(=O)Cc1csc2nc(-c3ccccc3)cn12. The van der Waals surface area contributed by atoms with Crippen molar-refractivity contribution < 1.29 is 4.79 Å². The Balaban J connectivity index is 1.53. The van der Waals surface area contributed by atoms with Crippen LogP contribution in [0.3, 0.4) is 0 Å². The zero-order valence-corrected chi connectivity index (χ0v) is 16.0. The molecule has 0 unspecified atom stereocenters. The molecule has 2 aromatic carbocycles. The first-order chi connectivity index (χ1) is 13.2. The molecule has 0 radical (unpaired) electrons. The molecule has 4 rings (SSSR count). The van der Waals surface area contributed by atoms with Crippen molar-refractivity contribution in [1.82, 2.24) is 14.3 Å². The molecule has 0 atom stereocenters. The first-order valence-corrected chi connectivity index (χ1v) is 9.95. The number of thiazole rings is 1. The number of hydrogen-bond acceptors (Lipinski definition) is 3. The van der Waals surface area contributed by atoms with Crippen molar-refractivity contribution in [2.24, 2.45) is 0 Å². The van der Waals surface area contributed by atoms with Crippen molar-refractivity contribution in [2.45, 2.75) is 19.9 Å². The van der Waals surface area contributed by atoms with Crippen LogP contribution in [0.1, 0.15) is 18.2 Å². The topological polar surface area (TPSA) is 37.6 Å². The maximum atomic E-state index is 12.9. The smallest absolute Gasteiger partial charge is 0.228 e. The molecule has 0 aliphatic rings. The Morgan fingerprint density at radius 1 is 1.07 bits per heavy atom. The average molecular weight is 375 g/mol. The van der Waals surface area contributed by atoms with E-state index < -0.39 is 0 Å². The van der Waals surface area contributed by atoms with Crippen molar-refractivity contribution in [1.29, 1.82) is 0 Å². The van der Waals surface area contributed by atoms with Gasteiger partial charge in [-0.1, -0.05) is 60.7 Å². The summed E-state index contributed by atoms with van der Waals surface area (Å²) in [6.07, 6.45) is 2.41. The molecule has 0 fully saturated rings. The number of likely N-dealkylation sites (N-methyl/N-ethyl adjacent to an activating group) is 1. The van der Waals surface area contributed by atoms with E-state index >= 15 is 0 Å². The summed E-state index contributed by atoms with van der Waals surface area (Å²) in [5.74, 6) is 0.135. The largest absolute Gasteiger partial charge is 0.338 e. The van der Waals surface area contributed by atoms with Crippen molar-refractivity contribution in [3.63, 3.8) is 0 Å². The van der Waals surface area contributed by atoms with Gasteiger partial charge in [0.1, 0.15) is 0 Å². The van der Waals surface area contributed by atoms with E-state index in [1.165, 1.54) is 0 Å². The van der Waals surface area contributed by atoms with E-state index in [0.29, 0.717) is 19.5 Å². The van der Waals surface area contributed by atoms with Crippen LogP contribution in [0.5, 0.6) is 0 Å². The van der Waals surface area contributed by atoms with E-state index in [9.17, 15) is 4.79 Å². The minimum absolute atomic E-state index is 0.135. The summed E-state index contributed by atoms with van der Waals surface area (Å²) < 4.78 is 2.04. The molecule has 2 heterocycles. The number of nitrogens with zero attached hydrogens (tertiary/aromatic N) is 3. The lowest BCUT2D eigenvalue weighted by atomic mass is 10.2. The van der Waals surface area contributed by atoms with Gasteiger partial charge in [0.25, 0.3) is 0 Å². The van der Waals surface area contributed by atoms with Crippen LogP contribution in [0, 0.1) is 0 Å². The van der Waals surface area contributed by atoms with E-state index in [1.54, 1.807) is 11.3 Å². The maximum absolute atomic E-state index is 12.9. The molecule has 136 valence electrons. The third kappa shape index (κ3) is 3.78. The minimum Gasteiger partial charge on any atom is -0.338 e. The summed E-state index contributed by atoms with van der Waals surface area (Å²) in [5.41, 5.74) is 4.16. The Labute approximate surface area is 162 Å². The first kappa shape index (κ1) is 17.5. The Bertz CT molecular complexity index is 1040. The van der Waals surface area contributed by atoms with E-state index in [0.717, 1.165) is 27.5 Å². The van der Waals surface area contributed by atoms with Crippen LogP contribution in [0.4, 0.5) is 0 Å². The molecule has 1 amide bonds. The zero-order chi connectivity index (χ0) is 18.6. The fourth-order valence-electron chi connectivity index (χ4n) is 3.15. The zero-order valence-electron chi connectivity index (χ0n) is 15.2. The van der Waals surface area contributed by atoms with E-state index in [4.69, 9.17) is 4.98 Å². The third-order valence-corrected chi connectivity index (χ3v) is 5.52. The summed E-state index contributed by atoms with van der Waals surface area (Å²) >= 11 is 1.58. The molecule has 2 aromatic heterocycles. The molecule has 27 heavy (non-hydrogen) atoms. The Morgan fingerprint density at radius 3 is 2.48 bits per heavy atom. The van der Waals surface area contributed by atoms with Crippen molar-refractivity contribution in [3.8, 4) is 11.3 Å². The highest BCUT2D eigenvalue weighted by Gasteiger charge is 2.16. The molecule has 4 nitrogen and oxygen atoms in total. The van der Waals surface area contributed by atoms with E-state index in [2.05, 4.69) is 24.3 Å². The number of carbonyl (C=O) groups is 1.